The van der Waals surface area contributed by atoms with E-state index in [9.17, 15) is 8.42 Å². The Labute approximate surface area is 134 Å². The smallest absolute Gasteiger partial charge is 0.217 e. The van der Waals surface area contributed by atoms with Crippen molar-refractivity contribution >= 4 is 10.0 Å². The number of ether oxygens (including phenoxy) is 1. The van der Waals surface area contributed by atoms with Crippen LogP contribution in [0, 0.1) is 0 Å². The fraction of sp³-hybridized carbons (Fsp3) is 1.00. The highest BCUT2D eigenvalue weighted by Gasteiger charge is 2.38. The van der Waals surface area contributed by atoms with Gasteiger partial charge in [-0.1, -0.05) is 19.3 Å². The number of rotatable bonds is 4. The Balaban J connectivity index is 1.57. The minimum absolute atomic E-state index is 0.0773. The lowest BCUT2D eigenvalue weighted by Crippen LogP contribution is -2.53. The summed E-state index contributed by atoms with van der Waals surface area (Å²) in [6.45, 7) is 4.44. The van der Waals surface area contributed by atoms with Crippen LogP contribution in [0.2, 0.25) is 0 Å². The number of piperidine rings is 1. The topological polar surface area (TPSA) is 58.6 Å². The van der Waals surface area contributed by atoms with E-state index in [-0.39, 0.29) is 17.4 Å². The van der Waals surface area contributed by atoms with E-state index >= 15 is 0 Å². The molecule has 22 heavy (non-hydrogen) atoms. The van der Waals surface area contributed by atoms with E-state index in [4.69, 9.17) is 4.74 Å². The van der Waals surface area contributed by atoms with Gasteiger partial charge in [0.25, 0.3) is 0 Å². The zero-order valence-electron chi connectivity index (χ0n) is 13.7. The molecule has 2 heterocycles. The molecule has 1 aliphatic carbocycles. The van der Waals surface area contributed by atoms with Crippen LogP contribution in [-0.2, 0) is 14.8 Å². The third kappa shape index (κ3) is 3.83. The summed E-state index contributed by atoms with van der Waals surface area (Å²) in [5.74, 6) is 0. The third-order valence-corrected chi connectivity index (χ3v) is 7.66. The largest absolute Gasteiger partial charge is 0.377 e. The van der Waals surface area contributed by atoms with Gasteiger partial charge in [0, 0.05) is 25.2 Å². The Hall–Kier alpha value is -0.170. The summed E-state index contributed by atoms with van der Waals surface area (Å²) in [6, 6.07) is 0.753. The molecular weight excluding hydrogens is 300 g/mol. The van der Waals surface area contributed by atoms with Crippen LogP contribution in [0.5, 0.6) is 0 Å². The van der Waals surface area contributed by atoms with Crippen LogP contribution in [-0.4, -0.2) is 56.5 Å². The molecule has 3 fully saturated rings. The second-order valence-electron chi connectivity index (χ2n) is 7.19. The van der Waals surface area contributed by atoms with Crippen molar-refractivity contribution in [2.75, 3.05) is 19.7 Å². The van der Waals surface area contributed by atoms with E-state index in [1.165, 1.54) is 32.1 Å². The van der Waals surface area contributed by atoms with Crippen molar-refractivity contribution in [3.8, 4) is 0 Å². The molecule has 3 atom stereocenters. The Morgan fingerprint density at radius 1 is 1.05 bits per heavy atom. The molecule has 0 aromatic carbocycles. The Morgan fingerprint density at radius 2 is 1.82 bits per heavy atom. The second-order valence-corrected chi connectivity index (χ2v) is 9.12. The van der Waals surface area contributed by atoms with Gasteiger partial charge in [-0.05, 0) is 45.6 Å². The van der Waals surface area contributed by atoms with Gasteiger partial charge >= 0.3 is 0 Å². The van der Waals surface area contributed by atoms with E-state index in [0.29, 0.717) is 19.1 Å². The van der Waals surface area contributed by atoms with Gasteiger partial charge in [-0.3, -0.25) is 4.90 Å². The summed E-state index contributed by atoms with van der Waals surface area (Å²) in [4.78, 5) is 2.53. The van der Waals surface area contributed by atoms with Crippen molar-refractivity contribution < 1.29 is 13.2 Å². The Morgan fingerprint density at radius 3 is 2.50 bits per heavy atom. The van der Waals surface area contributed by atoms with Gasteiger partial charge < -0.3 is 4.74 Å². The number of hydrogen-bond donors (Lipinski definition) is 1. The molecule has 128 valence electrons. The Kier molecular flexibility index (Phi) is 5.43. The second kappa shape index (κ2) is 7.16. The lowest BCUT2D eigenvalue weighted by molar-refractivity contribution is 0.115. The maximum atomic E-state index is 12.6. The van der Waals surface area contributed by atoms with Crippen molar-refractivity contribution in [1.82, 2.24) is 9.62 Å². The molecule has 6 heteroatoms. The predicted octanol–water partition coefficient (Wildman–Crippen LogP) is 1.88. The fourth-order valence-electron chi connectivity index (χ4n) is 4.32. The van der Waals surface area contributed by atoms with E-state index in [1.54, 1.807) is 0 Å². The molecule has 0 spiro atoms. The summed E-state index contributed by atoms with van der Waals surface area (Å²) in [5, 5.41) is -0.377. The average Bonchev–Trinajstić information content (AvgIpc) is 2.95. The molecule has 0 amide bonds. The van der Waals surface area contributed by atoms with Crippen LogP contribution in [0.1, 0.15) is 58.3 Å². The molecule has 3 aliphatic rings. The quantitative estimate of drug-likeness (QED) is 0.855. The number of nitrogens with one attached hydrogen (secondary N) is 1. The monoisotopic (exact) mass is 330 g/mol. The molecule has 1 saturated carbocycles. The van der Waals surface area contributed by atoms with E-state index in [1.807, 2.05) is 6.92 Å². The first-order chi connectivity index (χ1) is 10.6. The first-order valence-corrected chi connectivity index (χ1v) is 10.5. The van der Waals surface area contributed by atoms with Crippen LogP contribution in [0.25, 0.3) is 0 Å². The standard InChI is InChI=1S/C16H30N2O3S/c1-13-16(9-11-21-13)22(19,20)17-14-6-5-10-18(12-14)15-7-3-2-4-8-15/h13-17H,2-12H2,1H3/t13-,14+,16-/m0/s1. The maximum Gasteiger partial charge on any atom is 0.217 e. The molecule has 0 aromatic rings. The maximum absolute atomic E-state index is 12.6. The molecule has 0 bridgehead atoms. The normalized spacial score (nSPS) is 35.8. The summed E-state index contributed by atoms with van der Waals surface area (Å²) in [5.41, 5.74) is 0. The fourth-order valence-corrected chi connectivity index (χ4v) is 6.14. The molecule has 2 saturated heterocycles. The molecule has 0 unspecified atom stereocenters. The van der Waals surface area contributed by atoms with Crippen molar-refractivity contribution in [2.24, 2.45) is 0 Å². The van der Waals surface area contributed by atoms with Gasteiger partial charge in [-0.2, -0.15) is 0 Å². The highest BCUT2D eigenvalue weighted by molar-refractivity contribution is 7.90. The van der Waals surface area contributed by atoms with Crippen molar-refractivity contribution in [1.29, 1.82) is 0 Å². The predicted molar refractivity (Wildman–Crippen MR) is 87.3 cm³/mol. The van der Waals surface area contributed by atoms with Gasteiger partial charge in [0.2, 0.25) is 10.0 Å². The van der Waals surface area contributed by atoms with Crippen LogP contribution in [0.4, 0.5) is 0 Å². The molecule has 3 rings (SSSR count). The molecule has 2 aliphatic heterocycles. The number of sulfonamides is 1. The highest BCUT2D eigenvalue weighted by atomic mass is 32.2. The zero-order valence-corrected chi connectivity index (χ0v) is 14.5. The van der Waals surface area contributed by atoms with Crippen molar-refractivity contribution in [3.63, 3.8) is 0 Å². The molecule has 1 N–H and O–H groups in total. The summed E-state index contributed by atoms with van der Waals surface area (Å²) in [6.07, 6.45) is 9.08. The van der Waals surface area contributed by atoms with Crippen LogP contribution >= 0.6 is 0 Å². The number of hydrogen-bond acceptors (Lipinski definition) is 4. The van der Waals surface area contributed by atoms with E-state index in [2.05, 4.69) is 9.62 Å². The molecule has 0 radical (unpaired) electrons. The van der Waals surface area contributed by atoms with Gasteiger partial charge in [0.15, 0.2) is 0 Å². The summed E-state index contributed by atoms with van der Waals surface area (Å²) >= 11 is 0. The van der Waals surface area contributed by atoms with Crippen LogP contribution in [0.3, 0.4) is 0 Å². The van der Waals surface area contributed by atoms with Gasteiger partial charge in [-0.25, -0.2) is 13.1 Å². The van der Waals surface area contributed by atoms with Gasteiger partial charge in [-0.15, -0.1) is 0 Å². The van der Waals surface area contributed by atoms with Crippen molar-refractivity contribution in [3.05, 3.63) is 0 Å². The molecular formula is C16H30N2O3S. The number of nitrogens with zero attached hydrogens (tertiary/aromatic N) is 1. The molecule has 5 nitrogen and oxygen atoms in total. The summed E-state index contributed by atoms with van der Waals surface area (Å²) in [7, 11) is -3.26. The lowest BCUT2D eigenvalue weighted by Gasteiger charge is -2.40. The van der Waals surface area contributed by atoms with Gasteiger partial charge in [0.05, 0.1) is 6.10 Å². The number of likely N-dealkylation sites (tertiary alicyclic amines) is 1. The average molecular weight is 330 g/mol. The summed E-state index contributed by atoms with van der Waals surface area (Å²) < 4.78 is 33.6. The highest BCUT2D eigenvalue weighted by Crippen LogP contribution is 2.26. The lowest BCUT2D eigenvalue weighted by atomic mass is 9.92. The first kappa shape index (κ1) is 16.7. The van der Waals surface area contributed by atoms with E-state index < -0.39 is 10.0 Å². The van der Waals surface area contributed by atoms with Crippen LogP contribution in [0.15, 0.2) is 0 Å². The minimum atomic E-state index is -3.26. The minimum Gasteiger partial charge on any atom is -0.377 e. The van der Waals surface area contributed by atoms with E-state index in [0.717, 1.165) is 25.9 Å². The zero-order chi connectivity index (χ0) is 15.6. The molecule has 0 aromatic heterocycles. The SMILES string of the molecule is C[C@@H]1OCC[C@@H]1S(=O)(=O)N[C@@H]1CCCN(C2CCCCC2)C1. The first-order valence-electron chi connectivity index (χ1n) is 8.93. The van der Waals surface area contributed by atoms with Crippen LogP contribution < -0.4 is 4.72 Å². The van der Waals surface area contributed by atoms with Crippen molar-refractivity contribution in [2.45, 2.75) is 81.7 Å². The Bertz CT molecular complexity index is 462. The van der Waals surface area contributed by atoms with Gasteiger partial charge in [0.1, 0.15) is 5.25 Å². The third-order valence-electron chi connectivity index (χ3n) is 5.58.